The molecule has 1 aromatic rings. The fourth-order valence-electron chi connectivity index (χ4n) is 2.23. The average Bonchev–Trinajstić information content (AvgIpc) is 2.82. The van der Waals surface area contributed by atoms with Crippen LogP contribution < -0.4 is 5.32 Å². The molecule has 2 heterocycles. The number of nitrogens with one attached hydrogen (secondary N) is 1. The van der Waals surface area contributed by atoms with E-state index in [0.717, 1.165) is 31.1 Å². The molecule has 1 aliphatic rings. The summed E-state index contributed by atoms with van der Waals surface area (Å²) in [5.41, 5.74) is 2.47. The highest BCUT2D eigenvalue weighted by atomic mass is 79.9. The summed E-state index contributed by atoms with van der Waals surface area (Å²) in [4.78, 5) is 0. The third-order valence-electron chi connectivity index (χ3n) is 3.10. The number of halogens is 1. The van der Waals surface area contributed by atoms with Crippen LogP contribution in [-0.4, -0.2) is 22.9 Å². The minimum Gasteiger partial charge on any atom is -0.316 e. The molecule has 4 heteroatoms. The minimum atomic E-state index is 0.780. The molecule has 0 bridgehead atoms. The SMILES string of the molecule is CCn1nc(C)c(Br)c1CC1CCNC1. The molecular formula is C11H18BrN3. The molecule has 0 saturated carbocycles. The molecule has 0 radical (unpaired) electrons. The number of aromatic nitrogens is 2. The Balaban J connectivity index is 2.17. The minimum absolute atomic E-state index is 0.780. The predicted octanol–water partition coefficient (Wildman–Crippen LogP) is 2.13. The molecule has 0 spiro atoms. The number of hydrogen-bond donors (Lipinski definition) is 1. The van der Waals surface area contributed by atoms with Gasteiger partial charge in [-0.15, -0.1) is 0 Å². The van der Waals surface area contributed by atoms with Crippen molar-refractivity contribution in [3.63, 3.8) is 0 Å². The maximum atomic E-state index is 4.52. The second-order valence-corrected chi connectivity index (χ2v) is 5.02. The van der Waals surface area contributed by atoms with Crippen LogP contribution in [0.1, 0.15) is 24.7 Å². The van der Waals surface area contributed by atoms with E-state index < -0.39 is 0 Å². The fraction of sp³-hybridized carbons (Fsp3) is 0.727. The molecule has 1 atom stereocenters. The quantitative estimate of drug-likeness (QED) is 0.913. The molecule has 1 aliphatic heterocycles. The van der Waals surface area contributed by atoms with E-state index in [9.17, 15) is 0 Å². The first-order chi connectivity index (χ1) is 7.22. The standard InChI is InChI=1S/C11H18BrN3/c1-3-15-10(11(12)8(2)14-15)6-9-4-5-13-7-9/h9,13H,3-7H2,1-2H3. The molecular weight excluding hydrogens is 254 g/mol. The van der Waals surface area contributed by atoms with E-state index in [-0.39, 0.29) is 0 Å². The molecule has 84 valence electrons. The Hall–Kier alpha value is -0.350. The van der Waals surface area contributed by atoms with Crippen molar-refractivity contribution in [1.29, 1.82) is 0 Å². The lowest BCUT2D eigenvalue weighted by molar-refractivity contribution is 0.528. The van der Waals surface area contributed by atoms with Gasteiger partial charge in [0.05, 0.1) is 15.9 Å². The molecule has 1 unspecified atom stereocenters. The Bertz CT molecular complexity index is 340. The second kappa shape index (κ2) is 4.66. The van der Waals surface area contributed by atoms with E-state index in [1.54, 1.807) is 0 Å². The van der Waals surface area contributed by atoms with E-state index in [2.05, 4.69) is 44.9 Å². The highest BCUT2D eigenvalue weighted by Crippen LogP contribution is 2.25. The van der Waals surface area contributed by atoms with Crippen molar-refractivity contribution in [2.24, 2.45) is 5.92 Å². The summed E-state index contributed by atoms with van der Waals surface area (Å²) in [6.07, 6.45) is 2.43. The highest BCUT2D eigenvalue weighted by Gasteiger charge is 2.20. The van der Waals surface area contributed by atoms with Crippen LogP contribution in [0.4, 0.5) is 0 Å². The highest BCUT2D eigenvalue weighted by molar-refractivity contribution is 9.10. The van der Waals surface area contributed by atoms with Crippen LogP contribution in [0, 0.1) is 12.8 Å². The molecule has 2 rings (SSSR count). The van der Waals surface area contributed by atoms with Crippen LogP contribution in [0.5, 0.6) is 0 Å². The molecule has 1 saturated heterocycles. The van der Waals surface area contributed by atoms with E-state index in [0.29, 0.717) is 0 Å². The van der Waals surface area contributed by atoms with E-state index in [1.807, 2.05) is 0 Å². The number of aryl methyl sites for hydroxylation is 2. The summed E-state index contributed by atoms with van der Waals surface area (Å²) in [5.74, 6) is 0.780. The molecule has 1 fully saturated rings. The maximum Gasteiger partial charge on any atom is 0.0738 e. The van der Waals surface area contributed by atoms with Gasteiger partial charge in [0.15, 0.2) is 0 Å². The summed E-state index contributed by atoms with van der Waals surface area (Å²) in [7, 11) is 0. The van der Waals surface area contributed by atoms with Gasteiger partial charge in [0.25, 0.3) is 0 Å². The third-order valence-corrected chi connectivity index (χ3v) is 4.13. The van der Waals surface area contributed by atoms with Gasteiger partial charge in [0, 0.05) is 6.54 Å². The monoisotopic (exact) mass is 271 g/mol. The normalized spacial score (nSPS) is 21.1. The van der Waals surface area contributed by atoms with E-state index in [4.69, 9.17) is 0 Å². The van der Waals surface area contributed by atoms with Crippen molar-refractivity contribution in [3.8, 4) is 0 Å². The van der Waals surface area contributed by atoms with Crippen molar-refractivity contribution in [3.05, 3.63) is 15.9 Å². The Morgan fingerprint density at radius 1 is 1.60 bits per heavy atom. The smallest absolute Gasteiger partial charge is 0.0738 e. The van der Waals surface area contributed by atoms with Crippen LogP contribution >= 0.6 is 15.9 Å². The lowest BCUT2D eigenvalue weighted by Gasteiger charge is -2.10. The van der Waals surface area contributed by atoms with Gasteiger partial charge in [-0.05, 0) is 61.6 Å². The Kier molecular flexibility index (Phi) is 3.46. The van der Waals surface area contributed by atoms with Crippen molar-refractivity contribution < 1.29 is 0 Å². The Labute approximate surface area is 99.4 Å². The topological polar surface area (TPSA) is 29.9 Å². The number of nitrogens with zero attached hydrogens (tertiary/aromatic N) is 2. The largest absolute Gasteiger partial charge is 0.316 e. The van der Waals surface area contributed by atoms with Gasteiger partial charge < -0.3 is 5.32 Å². The summed E-state index contributed by atoms with van der Waals surface area (Å²) in [6.45, 7) is 7.49. The first kappa shape index (κ1) is 11.1. The van der Waals surface area contributed by atoms with Crippen LogP contribution in [0.3, 0.4) is 0 Å². The molecule has 0 aliphatic carbocycles. The Morgan fingerprint density at radius 3 is 3.00 bits per heavy atom. The summed E-state index contributed by atoms with van der Waals surface area (Å²) < 4.78 is 3.33. The maximum absolute atomic E-state index is 4.52. The molecule has 0 aromatic carbocycles. The van der Waals surface area contributed by atoms with Gasteiger partial charge in [0.1, 0.15) is 0 Å². The van der Waals surface area contributed by atoms with Crippen molar-refractivity contribution >= 4 is 15.9 Å². The fourth-order valence-corrected chi connectivity index (χ4v) is 2.67. The van der Waals surface area contributed by atoms with Crippen molar-refractivity contribution in [2.75, 3.05) is 13.1 Å². The summed E-state index contributed by atoms with van der Waals surface area (Å²) >= 11 is 3.65. The van der Waals surface area contributed by atoms with E-state index in [1.165, 1.54) is 23.1 Å². The Morgan fingerprint density at radius 2 is 2.40 bits per heavy atom. The van der Waals surface area contributed by atoms with Crippen LogP contribution in [0.15, 0.2) is 4.47 Å². The van der Waals surface area contributed by atoms with Crippen molar-refractivity contribution in [1.82, 2.24) is 15.1 Å². The average molecular weight is 272 g/mol. The van der Waals surface area contributed by atoms with Gasteiger partial charge in [-0.25, -0.2) is 0 Å². The number of rotatable bonds is 3. The van der Waals surface area contributed by atoms with Gasteiger partial charge in [0.2, 0.25) is 0 Å². The molecule has 15 heavy (non-hydrogen) atoms. The second-order valence-electron chi connectivity index (χ2n) is 4.22. The van der Waals surface area contributed by atoms with Gasteiger partial charge in [-0.3, -0.25) is 4.68 Å². The summed E-state index contributed by atoms with van der Waals surface area (Å²) in [5, 5.41) is 7.93. The zero-order valence-electron chi connectivity index (χ0n) is 9.39. The van der Waals surface area contributed by atoms with Crippen LogP contribution in [0.25, 0.3) is 0 Å². The third kappa shape index (κ3) is 2.26. The van der Waals surface area contributed by atoms with Crippen molar-refractivity contribution in [2.45, 2.75) is 33.2 Å². The zero-order chi connectivity index (χ0) is 10.8. The molecule has 3 nitrogen and oxygen atoms in total. The first-order valence-corrected chi connectivity index (χ1v) is 6.44. The molecule has 0 amide bonds. The molecule has 1 N–H and O–H groups in total. The first-order valence-electron chi connectivity index (χ1n) is 5.64. The number of hydrogen-bond acceptors (Lipinski definition) is 2. The summed E-state index contributed by atoms with van der Waals surface area (Å²) in [6, 6.07) is 0. The zero-order valence-corrected chi connectivity index (χ0v) is 11.0. The molecule has 1 aromatic heterocycles. The lowest BCUT2D eigenvalue weighted by Crippen LogP contribution is -2.13. The van der Waals surface area contributed by atoms with Gasteiger partial charge in [-0.2, -0.15) is 5.10 Å². The van der Waals surface area contributed by atoms with Crippen LogP contribution in [0.2, 0.25) is 0 Å². The van der Waals surface area contributed by atoms with Crippen LogP contribution in [-0.2, 0) is 13.0 Å². The predicted molar refractivity (Wildman–Crippen MR) is 65.0 cm³/mol. The van der Waals surface area contributed by atoms with Gasteiger partial charge in [-0.1, -0.05) is 0 Å². The van der Waals surface area contributed by atoms with Gasteiger partial charge >= 0.3 is 0 Å². The lowest BCUT2D eigenvalue weighted by atomic mass is 10.0. The van der Waals surface area contributed by atoms with E-state index >= 15 is 0 Å².